The molecule has 2 rings (SSSR count). The summed E-state index contributed by atoms with van der Waals surface area (Å²) in [5.74, 6) is 0. The van der Waals surface area contributed by atoms with Crippen molar-refractivity contribution in [1.82, 2.24) is 0 Å². The first-order valence-corrected chi connectivity index (χ1v) is 5.77. The van der Waals surface area contributed by atoms with E-state index in [2.05, 4.69) is 11.4 Å². The van der Waals surface area contributed by atoms with E-state index < -0.39 is 0 Å². The monoisotopic (exact) mass is 237 g/mol. The van der Waals surface area contributed by atoms with Crippen LogP contribution in [0.5, 0.6) is 0 Å². The molecule has 0 amide bonds. The number of anilines is 3. The first-order chi connectivity index (χ1) is 8.67. The molecule has 0 heterocycles. The summed E-state index contributed by atoms with van der Waals surface area (Å²) in [5.41, 5.74) is 10.7. The van der Waals surface area contributed by atoms with Gasteiger partial charge >= 0.3 is 0 Å². The molecular weight excluding hydrogens is 222 g/mol. The standard InChI is InChI=1S/C15H15N3/c1-11-8-13(17)10-15(9-11)18-14-4-2-12(3-5-14)6-7-16/h2-5,8-10,18H,6,17H2,1H3. The number of nitrogens with one attached hydrogen (secondary N) is 1. The van der Waals surface area contributed by atoms with Crippen molar-refractivity contribution in [2.75, 3.05) is 11.1 Å². The molecule has 0 aliphatic carbocycles. The molecule has 3 nitrogen and oxygen atoms in total. The summed E-state index contributed by atoms with van der Waals surface area (Å²) in [6.07, 6.45) is 0.442. The molecule has 0 aliphatic heterocycles. The second-order valence-corrected chi connectivity index (χ2v) is 4.29. The summed E-state index contributed by atoms with van der Waals surface area (Å²) in [7, 11) is 0. The zero-order valence-electron chi connectivity index (χ0n) is 10.3. The molecule has 2 aromatic carbocycles. The third kappa shape index (κ3) is 3.02. The number of aryl methyl sites for hydroxylation is 1. The van der Waals surface area contributed by atoms with E-state index in [9.17, 15) is 0 Å². The molecule has 2 aromatic rings. The van der Waals surface area contributed by atoms with Gasteiger partial charge in [0.25, 0.3) is 0 Å². The van der Waals surface area contributed by atoms with Gasteiger partial charge in [-0.1, -0.05) is 12.1 Å². The Morgan fingerprint density at radius 3 is 2.44 bits per heavy atom. The van der Waals surface area contributed by atoms with E-state index in [-0.39, 0.29) is 0 Å². The Hall–Kier alpha value is -2.47. The van der Waals surface area contributed by atoms with Crippen LogP contribution in [0.2, 0.25) is 0 Å². The molecule has 0 bridgehead atoms. The maximum atomic E-state index is 8.61. The number of hydrogen-bond donors (Lipinski definition) is 2. The fraction of sp³-hybridized carbons (Fsp3) is 0.133. The lowest BCUT2D eigenvalue weighted by Crippen LogP contribution is -1.94. The Kier molecular flexibility index (Phi) is 3.49. The highest BCUT2D eigenvalue weighted by molar-refractivity contribution is 5.65. The van der Waals surface area contributed by atoms with Crippen molar-refractivity contribution in [3.8, 4) is 6.07 Å². The second kappa shape index (κ2) is 5.24. The quantitative estimate of drug-likeness (QED) is 0.804. The van der Waals surface area contributed by atoms with Crippen LogP contribution in [0.3, 0.4) is 0 Å². The molecule has 0 fully saturated rings. The van der Waals surface area contributed by atoms with E-state index in [1.165, 1.54) is 0 Å². The molecule has 0 unspecified atom stereocenters. The minimum absolute atomic E-state index is 0.442. The van der Waals surface area contributed by atoms with Gasteiger partial charge in [-0.15, -0.1) is 0 Å². The minimum Gasteiger partial charge on any atom is -0.399 e. The molecule has 0 saturated heterocycles. The van der Waals surface area contributed by atoms with Crippen LogP contribution < -0.4 is 11.1 Å². The number of hydrogen-bond acceptors (Lipinski definition) is 3. The Balaban J connectivity index is 2.16. The smallest absolute Gasteiger partial charge is 0.0669 e. The Morgan fingerprint density at radius 1 is 1.11 bits per heavy atom. The van der Waals surface area contributed by atoms with Crippen molar-refractivity contribution in [3.05, 3.63) is 53.6 Å². The number of benzene rings is 2. The zero-order chi connectivity index (χ0) is 13.0. The van der Waals surface area contributed by atoms with E-state index in [0.717, 1.165) is 28.2 Å². The minimum atomic E-state index is 0.442. The summed E-state index contributed by atoms with van der Waals surface area (Å²) in [6, 6.07) is 15.8. The first-order valence-electron chi connectivity index (χ1n) is 5.77. The number of nitrogen functional groups attached to an aromatic ring is 1. The molecular formula is C15H15N3. The van der Waals surface area contributed by atoms with Crippen LogP contribution in [0.25, 0.3) is 0 Å². The van der Waals surface area contributed by atoms with Crippen LogP contribution >= 0.6 is 0 Å². The molecule has 90 valence electrons. The SMILES string of the molecule is Cc1cc(N)cc(Nc2ccc(CC#N)cc2)c1. The van der Waals surface area contributed by atoms with Gasteiger partial charge in [0.15, 0.2) is 0 Å². The van der Waals surface area contributed by atoms with Crippen LogP contribution in [0.4, 0.5) is 17.1 Å². The molecule has 0 saturated carbocycles. The average molecular weight is 237 g/mol. The second-order valence-electron chi connectivity index (χ2n) is 4.29. The summed E-state index contributed by atoms with van der Waals surface area (Å²) in [5, 5.41) is 11.9. The van der Waals surface area contributed by atoms with Crippen LogP contribution in [0.15, 0.2) is 42.5 Å². The van der Waals surface area contributed by atoms with Crippen LogP contribution in [0.1, 0.15) is 11.1 Å². The van der Waals surface area contributed by atoms with Gasteiger partial charge in [-0.05, 0) is 48.4 Å². The summed E-state index contributed by atoms with van der Waals surface area (Å²) in [6.45, 7) is 2.01. The van der Waals surface area contributed by atoms with Gasteiger partial charge in [-0.25, -0.2) is 0 Å². The fourth-order valence-corrected chi connectivity index (χ4v) is 1.85. The largest absolute Gasteiger partial charge is 0.399 e. The van der Waals surface area contributed by atoms with E-state index >= 15 is 0 Å². The topological polar surface area (TPSA) is 61.8 Å². The Morgan fingerprint density at radius 2 is 1.83 bits per heavy atom. The van der Waals surface area contributed by atoms with Crippen molar-refractivity contribution in [2.45, 2.75) is 13.3 Å². The highest BCUT2D eigenvalue weighted by Crippen LogP contribution is 2.21. The van der Waals surface area contributed by atoms with E-state index in [1.54, 1.807) is 0 Å². The van der Waals surface area contributed by atoms with Gasteiger partial charge in [0, 0.05) is 17.1 Å². The molecule has 0 aliphatic rings. The van der Waals surface area contributed by atoms with Crippen LogP contribution in [-0.2, 0) is 6.42 Å². The van der Waals surface area contributed by atoms with Gasteiger partial charge in [0.05, 0.1) is 12.5 Å². The number of nitrogens with two attached hydrogens (primary N) is 1. The molecule has 0 aromatic heterocycles. The maximum absolute atomic E-state index is 8.61. The van der Waals surface area contributed by atoms with E-state index in [4.69, 9.17) is 11.0 Å². The third-order valence-corrected chi connectivity index (χ3v) is 2.63. The van der Waals surface area contributed by atoms with E-state index in [1.807, 2.05) is 49.4 Å². The lowest BCUT2D eigenvalue weighted by molar-refractivity contribution is 1.26. The molecule has 18 heavy (non-hydrogen) atoms. The fourth-order valence-electron chi connectivity index (χ4n) is 1.85. The molecule has 3 heteroatoms. The van der Waals surface area contributed by atoms with Gasteiger partial charge < -0.3 is 11.1 Å². The van der Waals surface area contributed by atoms with E-state index in [0.29, 0.717) is 6.42 Å². The van der Waals surface area contributed by atoms with Gasteiger partial charge in [-0.2, -0.15) is 5.26 Å². The number of nitrogens with zero attached hydrogens (tertiary/aromatic N) is 1. The maximum Gasteiger partial charge on any atom is 0.0669 e. The highest BCUT2D eigenvalue weighted by Gasteiger charge is 1.98. The van der Waals surface area contributed by atoms with Crippen LogP contribution in [0, 0.1) is 18.3 Å². The highest BCUT2D eigenvalue weighted by atomic mass is 14.9. The number of nitriles is 1. The van der Waals surface area contributed by atoms with Gasteiger partial charge in [0.1, 0.15) is 0 Å². The van der Waals surface area contributed by atoms with Crippen LogP contribution in [-0.4, -0.2) is 0 Å². The predicted molar refractivity (Wildman–Crippen MR) is 74.6 cm³/mol. The summed E-state index contributed by atoms with van der Waals surface area (Å²) in [4.78, 5) is 0. The summed E-state index contributed by atoms with van der Waals surface area (Å²) < 4.78 is 0. The van der Waals surface area contributed by atoms with Crippen molar-refractivity contribution < 1.29 is 0 Å². The zero-order valence-corrected chi connectivity index (χ0v) is 10.3. The number of rotatable bonds is 3. The first kappa shape index (κ1) is 12.0. The molecule has 3 N–H and O–H groups in total. The lowest BCUT2D eigenvalue weighted by Gasteiger charge is -2.09. The third-order valence-electron chi connectivity index (χ3n) is 2.63. The van der Waals surface area contributed by atoms with Gasteiger partial charge in [0.2, 0.25) is 0 Å². The normalized spacial score (nSPS) is 9.78. The van der Waals surface area contributed by atoms with Crippen molar-refractivity contribution in [1.29, 1.82) is 5.26 Å². The summed E-state index contributed by atoms with van der Waals surface area (Å²) >= 11 is 0. The predicted octanol–water partition coefficient (Wildman–Crippen LogP) is 3.39. The molecule has 0 spiro atoms. The van der Waals surface area contributed by atoms with Crippen molar-refractivity contribution in [3.63, 3.8) is 0 Å². The Bertz CT molecular complexity index is 559. The van der Waals surface area contributed by atoms with Crippen molar-refractivity contribution >= 4 is 17.1 Å². The molecule has 0 radical (unpaired) electrons. The Labute approximate surface area is 107 Å². The van der Waals surface area contributed by atoms with Gasteiger partial charge in [-0.3, -0.25) is 0 Å². The van der Waals surface area contributed by atoms with Crippen molar-refractivity contribution in [2.24, 2.45) is 0 Å². The lowest BCUT2D eigenvalue weighted by atomic mass is 10.1. The average Bonchev–Trinajstić information content (AvgIpc) is 2.31. The molecule has 0 atom stereocenters.